The quantitative estimate of drug-likeness (QED) is 0.468. The number of ether oxygens (including phenoxy) is 1. The Hall–Kier alpha value is -1.82. The van der Waals surface area contributed by atoms with Crippen molar-refractivity contribution in [2.45, 2.75) is 24.1 Å². The Morgan fingerprint density at radius 2 is 2.10 bits per heavy atom. The van der Waals surface area contributed by atoms with E-state index in [0.717, 1.165) is 16.9 Å². The fourth-order valence-corrected chi connectivity index (χ4v) is 2.97. The monoisotopic (exact) mass is 351 g/mol. The molecular formula is C15H14BrNO4. The molecule has 110 valence electrons. The number of hydrogen-bond donors (Lipinski definition) is 0. The van der Waals surface area contributed by atoms with E-state index < -0.39 is 4.92 Å². The maximum Gasteiger partial charge on any atom is 0.433 e. The third-order valence-corrected chi connectivity index (χ3v) is 4.64. The lowest BCUT2D eigenvalue weighted by Gasteiger charge is -2.16. The van der Waals surface area contributed by atoms with Gasteiger partial charge in [-0.15, -0.1) is 0 Å². The number of rotatable bonds is 3. The molecule has 0 saturated heterocycles. The van der Waals surface area contributed by atoms with Crippen LogP contribution in [0.2, 0.25) is 0 Å². The Balaban J connectivity index is 1.95. The number of nitrogens with zero attached hydrogens (tertiary/aromatic N) is 1. The normalized spacial score (nSPS) is 17.1. The zero-order valence-electron chi connectivity index (χ0n) is 11.6. The molecule has 21 heavy (non-hydrogen) atoms. The van der Waals surface area contributed by atoms with Crippen molar-refractivity contribution in [1.29, 1.82) is 0 Å². The third kappa shape index (κ3) is 2.44. The Kier molecular flexibility index (Phi) is 3.28. The van der Waals surface area contributed by atoms with Crippen molar-refractivity contribution in [3.05, 3.63) is 57.3 Å². The highest BCUT2D eigenvalue weighted by Crippen LogP contribution is 2.42. The summed E-state index contributed by atoms with van der Waals surface area (Å²) in [6.07, 6.45) is 0. The van der Waals surface area contributed by atoms with Gasteiger partial charge in [0.25, 0.3) is 0 Å². The van der Waals surface area contributed by atoms with E-state index in [1.165, 1.54) is 6.07 Å². The topological polar surface area (TPSA) is 65.5 Å². The van der Waals surface area contributed by atoms with Crippen LogP contribution in [0.15, 0.2) is 34.7 Å². The second kappa shape index (κ2) is 4.87. The van der Waals surface area contributed by atoms with Crippen LogP contribution in [0.3, 0.4) is 0 Å². The zero-order chi connectivity index (χ0) is 15.2. The molecule has 1 aromatic carbocycles. The number of furan rings is 1. The first kappa shape index (κ1) is 14.1. The average Bonchev–Trinajstić information content (AvgIpc) is 3.04. The number of halogens is 1. The first-order chi connectivity index (χ1) is 9.88. The Morgan fingerprint density at radius 3 is 2.76 bits per heavy atom. The van der Waals surface area contributed by atoms with Gasteiger partial charge >= 0.3 is 5.88 Å². The lowest BCUT2D eigenvalue weighted by molar-refractivity contribution is -0.402. The van der Waals surface area contributed by atoms with Crippen molar-refractivity contribution in [3.8, 4) is 5.75 Å². The van der Waals surface area contributed by atoms with Crippen LogP contribution in [0, 0.1) is 10.1 Å². The number of benzene rings is 1. The van der Waals surface area contributed by atoms with Gasteiger partial charge in [0.05, 0.1) is 17.5 Å². The number of alkyl halides is 1. The molecule has 3 rings (SSSR count). The molecule has 1 aliphatic rings. The standard InChI is InChI=1S/C15H14BrNO4/c1-15(2)8-20-11-4-3-9(7-10(11)15)14(16)12-5-6-13(21-12)17(18)19/h3-7,14H,8H2,1-2H3. The predicted octanol–water partition coefficient (Wildman–Crippen LogP) is 4.34. The van der Waals surface area contributed by atoms with E-state index in [2.05, 4.69) is 35.8 Å². The Bertz CT molecular complexity index is 707. The summed E-state index contributed by atoms with van der Waals surface area (Å²) in [5.74, 6) is 1.16. The lowest BCUT2D eigenvalue weighted by Crippen LogP contribution is -2.18. The maximum absolute atomic E-state index is 10.7. The molecule has 1 aromatic heterocycles. The molecule has 0 fully saturated rings. The van der Waals surface area contributed by atoms with Crippen molar-refractivity contribution in [2.24, 2.45) is 0 Å². The molecule has 0 radical (unpaired) electrons. The van der Waals surface area contributed by atoms with Crippen LogP contribution in [0.1, 0.15) is 35.6 Å². The van der Waals surface area contributed by atoms with Gasteiger partial charge in [-0.3, -0.25) is 10.1 Å². The minimum absolute atomic E-state index is 0.0345. The van der Waals surface area contributed by atoms with E-state index in [9.17, 15) is 10.1 Å². The summed E-state index contributed by atoms with van der Waals surface area (Å²) in [4.78, 5) is 9.92. The second-order valence-corrected chi connectivity index (χ2v) is 6.64. The number of nitro groups is 1. The molecule has 0 spiro atoms. The van der Waals surface area contributed by atoms with E-state index in [-0.39, 0.29) is 16.1 Å². The first-order valence-corrected chi connectivity index (χ1v) is 7.45. The summed E-state index contributed by atoms with van der Waals surface area (Å²) in [5, 5.41) is 10.7. The molecule has 0 saturated carbocycles. The van der Waals surface area contributed by atoms with Crippen LogP contribution in [-0.4, -0.2) is 11.5 Å². The van der Waals surface area contributed by atoms with Crippen LogP contribution in [0.5, 0.6) is 5.75 Å². The van der Waals surface area contributed by atoms with Gasteiger partial charge in [0.1, 0.15) is 16.4 Å². The zero-order valence-corrected chi connectivity index (χ0v) is 13.2. The van der Waals surface area contributed by atoms with Crippen molar-refractivity contribution < 1.29 is 14.1 Å². The lowest BCUT2D eigenvalue weighted by atomic mass is 9.86. The Labute approximate surface area is 130 Å². The molecule has 6 heteroatoms. The molecule has 0 aliphatic carbocycles. The largest absolute Gasteiger partial charge is 0.492 e. The SMILES string of the molecule is CC1(C)COc2ccc(C(Br)c3ccc([N+](=O)[O-])o3)cc21. The maximum atomic E-state index is 10.7. The highest BCUT2D eigenvalue weighted by atomic mass is 79.9. The summed E-state index contributed by atoms with van der Waals surface area (Å²) in [6, 6.07) is 8.92. The van der Waals surface area contributed by atoms with E-state index >= 15 is 0 Å². The third-order valence-electron chi connectivity index (χ3n) is 3.66. The molecule has 5 nitrogen and oxygen atoms in total. The summed E-state index contributed by atoms with van der Waals surface area (Å²) in [6.45, 7) is 4.91. The van der Waals surface area contributed by atoms with Gasteiger partial charge in [0.15, 0.2) is 0 Å². The molecule has 0 N–H and O–H groups in total. The fraction of sp³-hybridized carbons (Fsp3) is 0.333. The van der Waals surface area contributed by atoms with Gasteiger partial charge in [-0.25, -0.2) is 0 Å². The molecule has 1 unspecified atom stereocenters. The molecule has 1 atom stereocenters. The minimum atomic E-state index is -0.539. The van der Waals surface area contributed by atoms with Gasteiger partial charge in [0.2, 0.25) is 0 Å². The fourth-order valence-electron chi connectivity index (χ4n) is 2.44. The van der Waals surface area contributed by atoms with Crippen LogP contribution >= 0.6 is 15.9 Å². The number of hydrogen-bond acceptors (Lipinski definition) is 4. The average molecular weight is 352 g/mol. The van der Waals surface area contributed by atoms with Crippen molar-refractivity contribution in [1.82, 2.24) is 0 Å². The molecule has 2 heterocycles. The molecular weight excluding hydrogens is 338 g/mol. The summed E-state index contributed by atoms with van der Waals surface area (Å²) in [7, 11) is 0. The van der Waals surface area contributed by atoms with Crippen molar-refractivity contribution in [3.63, 3.8) is 0 Å². The van der Waals surface area contributed by atoms with Crippen LogP contribution in [0.4, 0.5) is 5.88 Å². The van der Waals surface area contributed by atoms with E-state index in [1.54, 1.807) is 6.07 Å². The summed E-state index contributed by atoms with van der Waals surface area (Å²) >= 11 is 3.55. The molecule has 0 amide bonds. The van der Waals surface area contributed by atoms with Crippen molar-refractivity contribution >= 4 is 21.8 Å². The van der Waals surface area contributed by atoms with Crippen LogP contribution in [0.25, 0.3) is 0 Å². The van der Waals surface area contributed by atoms with Gasteiger partial charge in [-0.1, -0.05) is 35.8 Å². The first-order valence-electron chi connectivity index (χ1n) is 6.54. The van der Waals surface area contributed by atoms with E-state index in [0.29, 0.717) is 12.4 Å². The Morgan fingerprint density at radius 1 is 1.33 bits per heavy atom. The van der Waals surface area contributed by atoms with Crippen LogP contribution in [-0.2, 0) is 5.41 Å². The smallest absolute Gasteiger partial charge is 0.433 e. The summed E-state index contributed by atoms with van der Waals surface area (Å²) in [5.41, 5.74) is 2.09. The predicted molar refractivity (Wildman–Crippen MR) is 81.1 cm³/mol. The second-order valence-electron chi connectivity index (χ2n) is 5.72. The molecule has 1 aliphatic heterocycles. The van der Waals surface area contributed by atoms with E-state index in [1.807, 2.05) is 12.1 Å². The van der Waals surface area contributed by atoms with Gasteiger partial charge in [-0.2, -0.15) is 0 Å². The van der Waals surface area contributed by atoms with Crippen molar-refractivity contribution in [2.75, 3.05) is 6.61 Å². The van der Waals surface area contributed by atoms with E-state index in [4.69, 9.17) is 9.15 Å². The summed E-state index contributed by atoms with van der Waals surface area (Å²) < 4.78 is 10.9. The highest BCUT2D eigenvalue weighted by Gasteiger charge is 2.32. The number of fused-ring (bicyclic) bond motifs is 1. The minimum Gasteiger partial charge on any atom is -0.492 e. The van der Waals surface area contributed by atoms with Crippen LogP contribution < -0.4 is 4.74 Å². The highest BCUT2D eigenvalue weighted by molar-refractivity contribution is 9.09. The van der Waals surface area contributed by atoms with Gasteiger partial charge in [0, 0.05) is 11.0 Å². The van der Waals surface area contributed by atoms with Gasteiger partial charge in [-0.05, 0) is 23.8 Å². The molecule has 0 bridgehead atoms. The molecule has 2 aromatic rings. The van der Waals surface area contributed by atoms with Gasteiger partial charge < -0.3 is 9.15 Å².